The Morgan fingerprint density at radius 2 is 1.85 bits per heavy atom. The van der Waals surface area contributed by atoms with Gasteiger partial charge in [-0.05, 0) is 68.0 Å². The third-order valence-corrected chi connectivity index (χ3v) is 10.0. The first kappa shape index (κ1) is 25.6. The number of piperidine rings is 2. The van der Waals surface area contributed by atoms with E-state index in [0.717, 1.165) is 66.4 Å². The Labute approximate surface area is 228 Å². The molecule has 4 aromatic rings. The molecule has 39 heavy (non-hydrogen) atoms. The van der Waals surface area contributed by atoms with Crippen molar-refractivity contribution >= 4 is 37.6 Å². The number of nitrogens with one attached hydrogen (secondary N) is 1. The molecule has 5 heterocycles. The quantitative estimate of drug-likeness (QED) is 0.368. The number of fused-ring (bicyclic) bond motifs is 3. The number of hydrogen-bond acceptors (Lipinski definition) is 7. The smallest absolute Gasteiger partial charge is 0.214 e. The van der Waals surface area contributed by atoms with E-state index < -0.39 is 10.0 Å². The minimum absolute atomic E-state index is 0.142. The Balaban J connectivity index is 1.06. The Morgan fingerprint density at radius 1 is 1.03 bits per heavy atom. The zero-order valence-electron chi connectivity index (χ0n) is 21.8. The highest BCUT2D eigenvalue weighted by Crippen LogP contribution is 2.34. The lowest BCUT2D eigenvalue weighted by molar-refractivity contribution is 0.179. The summed E-state index contributed by atoms with van der Waals surface area (Å²) in [6, 6.07) is 13.2. The fraction of sp³-hybridized carbons (Fsp3) is 0.414. The average Bonchev–Trinajstić information content (AvgIpc) is 3.46. The van der Waals surface area contributed by atoms with Gasteiger partial charge in [0, 0.05) is 61.0 Å². The van der Waals surface area contributed by atoms with Crippen LogP contribution in [0.25, 0.3) is 21.9 Å². The first-order chi connectivity index (χ1) is 19.0. The van der Waals surface area contributed by atoms with Crippen molar-refractivity contribution in [1.82, 2.24) is 19.3 Å². The number of pyridine rings is 2. The predicted molar refractivity (Wildman–Crippen MR) is 151 cm³/mol. The van der Waals surface area contributed by atoms with Crippen LogP contribution in [0.4, 0.5) is 5.69 Å². The maximum Gasteiger partial charge on any atom is 0.214 e. The number of aromatic amines is 1. The minimum Gasteiger partial charge on any atom is -0.493 e. The van der Waals surface area contributed by atoms with Crippen LogP contribution in [0.3, 0.4) is 0 Å². The van der Waals surface area contributed by atoms with Gasteiger partial charge in [-0.2, -0.15) is 5.26 Å². The number of rotatable bonds is 7. The van der Waals surface area contributed by atoms with E-state index in [2.05, 4.69) is 32.0 Å². The second-order valence-corrected chi connectivity index (χ2v) is 12.6. The summed E-state index contributed by atoms with van der Waals surface area (Å²) in [4.78, 5) is 14.5. The summed E-state index contributed by atoms with van der Waals surface area (Å²) in [5, 5.41) is 11.1. The van der Waals surface area contributed by atoms with Gasteiger partial charge in [0.25, 0.3) is 0 Å². The second-order valence-electron chi connectivity index (χ2n) is 10.6. The van der Waals surface area contributed by atoms with Gasteiger partial charge in [0.2, 0.25) is 10.0 Å². The fourth-order valence-corrected chi connectivity index (χ4v) is 7.88. The largest absolute Gasteiger partial charge is 0.493 e. The van der Waals surface area contributed by atoms with E-state index in [1.165, 1.54) is 0 Å². The molecular formula is C29H32N6O3S. The van der Waals surface area contributed by atoms with Crippen LogP contribution in [-0.2, 0) is 10.0 Å². The molecule has 10 heteroatoms. The molecule has 2 aliphatic heterocycles. The SMILES string of the molecule is N#Cc1ccc(OCC2CCCN(S(=O)(=O)CC3CCN(c4ccnc5cnc6[nH]ccc6c45)CC3)C2)cc1. The van der Waals surface area contributed by atoms with Crippen molar-refractivity contribution in [1.29, 1.82) is 5.26 Å². The zero-order chi connectivity index (χ0) is 26.8. The van der Waals surface area contributed by atoms with Gasteiger partial charge in [0.05, 0.1) is 35.7 Å². The van der Waals surface area contributed by atoms with Crippen LogP contribution in [-0.4, -0.2) is 66.2 Å². The van der Waals surface area contributed by atoms with Gasteiger partial charge in [0.1, 0.15) is 11.4 Å². The van der Waals surface area contributed by atoms with Crippen molar-refractivity contribution < 1.29 is 13.2 Å². The molecule has 1 unspecified atom stereocenters. The summed E-state index contributed by atoms with van der Waals surface area (Å²) in [6.07, 6.45) is 8.99. The topological polar surface area (TPSA) is 115 Å². The number of benzene rings is 1. The molecule has 0 radical (unpaired) electrons. The number of aromatic nitrogens is 3. The molecule has 6 rings (SSSR count). The number of nitrogens with zero attached hydrogens (tertiary/aromatic N) is 5. The Kier molecular flexibility index (Phi) is 7.11. The molecule has 2 aliphatic rings. The van der Waals surface area contributed by atoms with E-state index in [9.17, 15) is 8.42 Å². The van der Waals surface area contributed by atoms with Crippen LogP contribution >= 0.6 is 0 Å². The van der Waals surface area contributed by atoms with Gasteiger partial charge in [0.15, 0.2) is 0 Å². The minimum atomic E-state index is -3.35. The van der Waals surface area contributed by atoms with Crippen LogP contribution in [0.15, 0.2) is 55.0 Å². The summed E-state index contributed by atoms with van der Waals surface area (Å²) in [7, 11) is -3.35. The van der Waals surface area contributed by atoms with Gasteiger partial charge in [-0.15, -0.1) is 0 Å². The highest BCUT2D eigenvalue weighted by atomic mass is 32.2. The highest BCUT2D eigenvalue weighted by Gasteiger charge is 2.33. The van der Waals surface area contributed by atoms with Crippen molar-refractivity contribution in [2.75, 3.05) is 43.4 Å². The summed E-state index contributed by atoms with van der Waals surface area (Å²) in [6.45, 7) is 3.18. The van der Waals surface area contributed by atoms with Crippen molar-refractivity contribution in [3.63, 3.8) is 0 Å². The monoisotopic (exact) mass is 544 g/mol. The number of ether oxygens (including phenoxy) is 1. The summed E-state index contributed by atoms with van der Waals surface area (Å²) < 4.78 is 34.4. The first-order valence-corrected chi connectivity index (χ1v) is 15.2. The number of nitriles is 1. The van der Waals surface area contributed by atoms with Gasteiger partial charge in [-0.3, -0.25) is 4.98 Å². The molecule has 0 saturated carbocycles. The van der Waals surface area contributed by atoms with Crippen LogP contribution in [0.1, 0.15) is 31.2 Å². The molecular weight excluding hydrogens is 512 g/mol. The lowest BCUT2D eigenvalue weighted by Gasteiger charge is -2.36. The molecule has 0 aliphatic carbocycles. The van der Waals surface area contributed by atoms with Crippen molar-refractivity contribution in [2.24, 2.45) is 11.8 Å². The Morgan fingerprint density at radius 3 is 2.64 bits per heavy atom. The van der Waals surface area contributed by atoms with E-state index >= 15 is 0 Å². The second kappa shape index (κ2) is 10.8. The average molecular weight is 545 g/mol. The number of sulfonamides is 1. The Hall–Kier alpha value is -3.68. The molecule has 1 atom stereocenters. The molecule has 2 fully saturated rings. The maximum absolute atomic E-state index is 13.4. The maximum atomic E-state index is 13.4. The van der Waals surface area contributed by atoms with Gasteiger partial charge in [-0.1, -0.05) is 0 Å². The van der Waals surface area contributed by atoms with E-state index in [-0.39, 0.29) is 17.6 Å². The van der Waals surface area contributed by atoms with Crippen LogP contribution in [0.2, 0.25) is 0 Å². The van der Waals surface area contributed by atoms with Gasteiger partial charge >= 0.3 is 0 Å². The third kappa shape index (κ3) is 5.42. The van der Waals surface area contributed by atoms with E-state index in [1.807, 2.05) is 18.5 Å². The van der Waals surface area contributed by atoms with Crippen molar-refractivity contribution in [3.05, 3.63) is 60.6 Å². The van der Waals surface area contributed by atoms with Crippen LogP contribution < -0.4 is 9.64 Å². The third-order valence-electron chi connectivity index (χ3n) is 8.01. The summed E-state index contributed by atoms with van der Waals surface area (Å²) in [5.41, 5.74) is 3.44. The molecule has 9 nitrogen and oxygen atoms in total. The lowest BCUT2D eigenvalue weighted by atomic mass is 9.98. The van der Waals surface area contributed by atoms with E-state index in [1.54, 1.807) is 34.8 Å². The fourth-order valence-electron chi connectivity index (χ4n) is 5.90. The molecule has 1 aromatic carbocycles. The lowest BCUT2D eigenvalue weighted by Crippen LogP contribution is -2.45. The number of H-pyrrole nitrogens is 1. The molecule has 2 saturated heterocycles. The normalized spacial score (nSPS) is 19.4. The van der Waals surface area contributed by atoms with E-state index in [0.29, 0.717) is 31.0 Å². The molecule has 0 spiro atoms. The first-order valence-electron chi connectivity index (χ1n) is 13.6. The van der Waals surface area contributed by atoms with Crippen LogP contribution in [0.5, 0.6) is 5.75 Å². The highest BCUT2D eigenvalue weighted by molar-refractivity contribution is 7.89. The predicted octanol–water partition coefficient (Wildman–Crippen LogP) is 4.32. The molecule has 0 bridgehead atoms. The van der Waals surface area contributed by atoms with Crippen molar-refractivity contribution in [2.45, 2.75) is 25.7 Å². The van der Waals surface area contributed by atoms with Crippen molar-refractivity contribution in [3.8, 4) is 11.8 Å². The summed E-state index contributed by atoms with van der Waals surface area (Å²) >= 11 is 0. The Bertz CT molecular complexity index is 1600. The molecule has 202 valence electrons. The number of anilines is 1. The summed E-state index contributed by atoms with van der Waals surface area (Å²) in [5.74, 6) is 1.21. The van der Waals surface area contributed by atoms with Crippen LogP contribution in [0, 0.1) is 23.2 Å². The number of hydrogen-bond donors (Lipinski definition) is 1. The van der Waals surface area contributed by atoms with E-state index in [4.69, 9.17) is 10.00 Å². The molecule has 3 aromatic heterocycles. The molecule has 1 N–H and O–H groups in total. The standard InChI is InChI=1S/C29H32N6O3S/c30-16-21-3-5-24(6-4-21)38-19-23-2-1-13-35(18-23)39(36,37)20-22-9-14-34(15-10-22)27-8-12-31-26-17-33-29-25(28(26)27)7-11-32-29/h3-8,11-12,17,22-23H,1-2,9-10,13-15,18-20H2,(H,32,33). The molecule has 0 amide bonds. The van der Waals surface area contributed by atoms with Gasteiger partial charge in [-0.25, -0.2) is 17.7 Å². The zero-order valence-corrected chi connectivity index (χ0v) is 22.6. The van der Waals surface area contributed by atoms with Gasteiger partial charge < -0.3 is 14.6 Å².